The van der Waals surface area contributed by atoms with Gasteiger partial charge in [0.25, 0.3) is 0 Å². The Balaban J connectivity index is 0.899. The summed E-state index contributed by atoms with van der Waals surface area (Å²) in [6.07, 6.45) is 0. The van der Waals surface area contributed by atoms with Gasteiger partial charge in [-0.3, -0.25) is 0 Å². The third-order valence-corrected chi connectivity index (χ3v) is 13.2. The third-order valence-electron chi connectivity index (χ3n) is 13.2. The van der Waals surface area contributed by atoms with E-state index in [-0.39, 0.29) is 0 Å². The van der Waals surface area contributed by atoms with Gasteiger partial charge in [0.15, 0.2) is 17.5 Å². The van der Waals surface area contributed by atoms with Gasteiger partial charge >= 0.3 is 0 Å². The zero-order valence-corrected chi connectivity index (χ0v) is 36.4. The molecule has 0 amide bonds. The first-order valence-corrected chi connectivity index (χ1v) is 22.8. The molecule has 0 aliphatic heterocycles. The maximum absolute atomic E-state index is 5.00. The molecule has 312 valence electrons. The molecule has 0 atom stereocenters. The van der Waals surface area contributed by atoms with Crippen LogP contribution in [0.4, 0.5) is 0 Å². The lowest BCUT2D eigenvalue weighted by atomic mass is 9.91. The summed E-state index contributed by atoms with van der Waals surface area (Å²) in [5, 5.41) is 10.1. The van der Waals surface area contributed by atoms with Crippen molar-refractivity contribution in [1.29, 1.82) is 0 Å². The summed E-state index contributed by atoms with van der Waals surface area (Å²) in [6, 6.07) is 86.7. The van der Waals surface area contributed by atoms with Crippen LogP contribution < -0.4 is 0 Å². The number of benzene rings is 11. The molecule has 0 bridgehead atoms. The Kier molecular flexibility index (Phi) is 9.14. The first-order valence-electron chi connectivity index (χ1n) is 22.8. The van der Waals surface area contributed by atoms with E-state index in [1.54, 1.807) is 0 Å². The van der Waals surface area contributed by atoms with Crippen LogP contribution in [0, 0.1) is 0 Å². The summed E-state index contributed by atoms with van der Waals surface area (Å²) >= 11 is 0. The summed E-state index contributed by atoms with van der Waals surface area (Å²) in [4.78, 5) is 14.9. The molecule has 0 unspecified atom stereocenters. The molecule has 0 N–H and O–H groups in total. The first kappa shape index (κ1) is 38.5. The van der Waals surface area contributed by atoms with Crippen LogP contribution in [0.1, 0.15) is 0 Å². The van der Waals surface area contributed by atoms with E-state index in [4.69, 9.17) is 15.0 Å². The van der Waals surface area contributed by atoms with E-state index < -0.39 is 0 Å². The topological polar surface area (TPSA) is 43.6 Å². The van der Waals surface area contributed by atoms with Gasteiger partial charge < -0.3 is 4.57 Å². The Morgan fingerprint density at radius 1 is 0.239 bits per heavy atom. The molecule has 0 aliphatic rings. The highest BCUT2D eigenvalue weighted by Crippen LogP contribution is 2.41. The molecule has 67 heavy (non-hydrogen) atoms. The lowest BCUT2D eigenvalue weighted by molar-refractivity contribution is 1.07. The van der Waals surface area contributed by atoms with Gasteiger partial charge in [0.1, 0.15) is 0 Å². The van der Waals surface area contributed by atoms with E-state index in [9.17, 15) is 0 Å². The van der Waals surface area contributed by atoms with Crippen LogP contribution in [0.2, 0.25) is 0 Å². The van der Waals surface area contributed by atoms with E-state index in [1.807, 2.05) is 60.7 Å². The van der Waals surface area contributed by atoms with Gasteiger partial charge in [-0.05, 0) is 109 Å². The highest BCUT2D eigenvalue weighted by atomic mass is 15.0. The molecule has 2 aromatic heterocycles. The van der Waals surface area contributed by atoms with Crippen LogP contribution in [-0.4, -0.2) is 19.5 Å². The smallest absolute Gasteiger partial charge is 0.164 e. The van der Waals surface area contributed by atoms with Crippen LogP contribution in [0.15, 0.2) is 243 Å². The van der Waals surface area contributed by atoms with Crippen molar-refractivity contribution >= 4 is 54.1 Å². The number of rotatable bonds is 7. The lowest BCUT2D eigenvalue weighted by Gasteiger charge is -2.14. The van der Waals surface area contributed by atoms with E-state index in [0.29, 0.717) is 17.5 Å². The van der Waals surface area contributed by atoms with Crippen molar-refractivity contribution in [1.82, 2.24) is 19.5 Å². The zero-order chi connectivity index (χ0) is 44.3. The average molecular weight is 853 g/mol. The van der Waals surface area contributed by atoms with E-state index >= 15 is 0 Å². The zero-order valence-electron chi connectivity index (χ0n) is 36.4. The molecular weight excluding hydrogens is 813 g/mol. The van der Waals surface area contributed by atoms with Crippen LogP contribution in [0.3, 0.4) is 0 Å². The summed E-state index contributed by atoms with van der Waals surface area (Å²) in [6.45, 7) is 0. The molecule has 0 radical (unpaired) electrons. The van der Waals surface area contributed by atoms with Crippen molar-refractivity contribution in [2.75, 3.05) is 0 Å². The Morgan fingerprint density at radius 2 is 0.627 bits per heavy atom. The fourth-order valence-corrected chi connectivity index (χ4v) is 10.0. The molecule has 11 aromatic carbocycles. The van der Waals surface area contributed by atoms with Gasteiger partial charge in [-0.1, -0.05) is 194 Å². The SMILES string of the molecule is c1ccc(-c2nc(-c3ccccc3)nc(-c3ccc(-n4c5ccccc5c5cccc(-c6cccc(-c7cccc(-c8ccc9c%10ccccc%10c%10ccccc%10c9c8)c7)c6)c54)cc3)n2)cc1. The Hall–Kier alpha value is -8.99. The van der Waals surface area contributed by atoms with Crippen molar-refractivity contribution in [3.8, 4) is 73.2 Å². The summed E-state index contributed by atoms with van der Waals surface area (Å²) in [5.74, 6) is 1.92. The van der Waals surface area contributed by atoms with Gasteiger partial charge in [-0.15, -0.1) is 0 Å². The molecule has 0 spiro atoms. The predicted molar refractivity (Wildman–Crippen MR) is 279 cm³/mol. The summed E-state index contributed by atoms with van der Waals surface area (Å²) < 4.78 is 2.40. The number of hydrogen-bond acceptors (Lipinski definition) is 3. The standard InChI is InChI=1S/C63H40N4/c1-3-16-41(17-4-1)61-64-62(42-18-5-2-6-19-42)66-63(65-61)43-32-35-49(36-33-43)67-59-31-12-11-28-56(59)57-30-15-29-50(60(57)67)48-23-14-22-46(39-48)44-20-13-21-45(38-44)47-34-37-55-53-26-8-7-24-51(53)52-25-9-10-27-54(52)58(55)40-47/h1-40H. The Morgan fingerprint density at radius 3 is 1.21 bits per heavy atom. The van der Waals surface area contributed by atoms with Gasteiger partial charge in [0, 0.05) is 38.7 Å². The molecule has 13 rings (SSSR count). The van der Waals surface area contributed by atoms with Crippen LogP contribution >= 0.6 is 0 Å². The lowest BCUT2D eigenvalue weighted by Crippen LogP contribution is -2.00. The molecule has 0 fully saturated rings. The van der Waals surface area contributed by atoms with E-state index in [1.165, 1.54) is 70.9 Å². The molecule has 0 saturated heterocycles. The molecule has 0 saturated carbocycles. The Bertz CT molecular complexity index is 3930. The largest absolute Gasteiger partial charge is 0.309 e. The highest BCUT2D eigenvalue weighted by molar-refractivity contribution is 6.25. The average Bonchev–Trinajstić information content (AvgIpc) is 3.76. The second-order valence-corrected chi connectivity index (χ2v) is 17.2. The fourth-order valence-electron chi connectivity index (χ4n) is 10.0. The summed E-state index contributed by atoms with van der Waals surface area (Å²) in [7, 11) is 0. The predicted octanol–water partition coefficient (Wildman–Crippen LogP) is 16.4. The summed E-state index contributed by atoms with van der Waals surface area (Å²) in [5.41, 5.74) is 13.2. The van der Waals surface area contributed by atoms with Gasteiger partial charge in [0.05, 0.1) is 11.0 Å². The maximum Gasteiger partial charge on any atom is 0.164 e. The monoisotopic (exact) mass is 852 g/mol. The van der Waals surface area contributed by atoms with E-state index in [0.717, 1.165) is 39.0 Å². The first-order chi connectivity index (χ1) is 33.2. The number of hydrogen-bond donors (Lipinski definition) is 0. The Labute approximate surface area is 387 Å². The molecule has 13 aromatic rings. The number of para-hydroxylation sites is 2. The van der Waals surface area contributed by atoms with Crippen LogP contribution in [-0.2, 0) is 0 Å². The van der Waals surface area contributed by atoms with Crippen LogP contribution in [0.25, 0.3) is 127 Å². The molecule has 4 heteroatoms. The van der Waals surface area contributed by atoms with Crippen molar-refractivity contribution < 1.29 is 0 Å². The van der Waals surface area contributed by atoms with Crippen molar-refractivity contribution in [3.05, 3.63) is 243 Å². The highest BCUT2D eigenvalue weighted by Gasteiger charge is 2.19. The number of fused-ring (bicyclic) bond motifs is 9. The minimum absolute atomic E-state index is 0.630. The third kappa shape index (κ3) is 6.65. The van der Waals surface area contributed by atoms with E-state index in [2.05, 4.69) is 187 Å². The molecule has 4 nitrogen and oxygen atoms in total. The normalized spacial score (nSPS) is 11.6. The van der Waals surface area contributed by atoms with Gasteiger partial charge in [-0.25, -0.2) is 15.0 Å². The van der Waals surface area contributed by atoms with Crippen LogP contribution in [0.5, 0.6) is 0 Å². The fraction of sp³-hybridized carbons (Fsp3) is 0. The van der Waals surface area contributed by atoms with Crippen molar-refractivity contribution in [3.63, 3.8) is 0 Å². The second-order valence-electron chi connectivity index (χ2n) is 17.2. The minimum atomic E-state index is 0.630. The van der Waals surface area contributed by atoms with Gasteiger partial charge in [-0.2, -0.15) is 0 Å². The van der Waals surface area contributed by atoms with Gasteiger partial charge in [0.2, 0.25) is 0 Å². The molecular formula is C63H40N4. The number of aromatic nitrogens is 4. The number of nitrogens with zero attached hydrogens (tertiary/aromatic N) is 4. The second kappa shape index (κ2) is 15.9. The quantitative estimate of drug-likeness (QED) is 0.150. The van der Waals surface area contributed by atoms with Crippen molar-refractivity contribution in [2.24, 2.45) is 0 Å². The molecule has 2 heterocycles. The minimum Gasteiger partial charge on any atom is -0.309 e. The molecule has 0 aliphatic carbocycles. The van der Waals surface area contributed by atoms with Crippen molar-refractivity contribution in [2.45, 2.75) is 0 Å². The maximum atomic E-state index is 5.00.